The minimum absolute atomic E-state index is 0.177. The Morgan fingerprint density at radius 1 is 1.22 bits per heavy atom. The fraction of sp³-hybridized carbons (Fsp3) is 0.250. The Morgan fingerprint density at radius 2 is 2.00 bits per heavy atom. The van der Waals surface area contributed by atoms with Gasteiger partial charge in [0.25, 0.3) is 5.91 Å². The van der Waals surface area contributed by atoms with Gasteiger partial charge in [0.1, 0.15) is 0 Å². The molecule has 0 radical (unpaired) electrons. The first-order chi connectivity index (χ1) is 11.1. The van der Waals surface area contributed by atoms with Crippen LogP contribution in [-0.2, 0) is 4.74 Å². The van der Waals surface area contributed by atoms with Gasteiger partial charge in [-0.25, -0.2) is 4.79 Å². The molecule has 1 amide bonds. The van der Waals surface area contributed by atoms with Gasteiger partial charge in [-0.3, -0.25) is 4.79 Å². The van der Waals surface area contributed by atoms with E-state index in [1.807, 2.05) is 10.3 Å². The van der Waals surface area contributed by atoms with Crippen molar-refractivity contribution in [2.75, 3.05) is 36.5 Å². The maximum Gasteiger partial charge on any atom is 0.337 e. The van der Waals surface area contributed by atoms with Crippen LogP contribution in [0.3, 0.4) is 0 Å². The summed E-state index contributed by atoms with van der Waals surface area (Å²) in [6.45, 7) is 2.47. The summed E-state index contributed by atoms with van der Waals surface area (Å²) in [7, 11) is 0. The van der Waals surface area contributed by atoms with Crippen LogP contribution in [0.5, 0.6) is 0 Å². The zero-order valence-electron chi connectivity index (χ0n) is 12.3. The van der Waals surface area contributed by atoms with Crippen molar-refractivity contribution >= 4 is 34.6 Å². The van der Waals surface area contributed by atoms with Crippen molar-refractivity contribution in [3.8, 4) is 0 Å². The third kappa shape index (κ3) is 3.52. The number of aromatic carboxylic acids is 1. The fourth-order valence-electron chi connectivity index (χ4n) is 2.47. The van der Waals surface area contributed by atoms with E-state index in [4.69, 9.17) is 4.74 Å². The van der Waals surface area contributed by atoms with E-state index in [-0.39, 0.29) is 11.5 Å². The molecule has 1 aliphatic rings. The highest BCUT2D eigenvalue weighted by molar-refractivity contribution is 7.12. The molecule has 1 aromatic carbocycles. The molecule has 0 atom stereocenters. The molecule has 6 nitrogen and oxygen atoms in total. The molecule has 7 heteroatoms. The molecule has 2 aromatic rings. The third-order valence-electron chi connectivity index (χ3n) is 3.58. The second-order valence-electron chi connectivity index (χ2n) is 5.07. The maximum absolute atomic E-state index is 12.1. The summed E-state index contributed by atoms with van der Waals surface area (Å²) < 4.78 is 5.29. The van der Waals surface area contributed by atoms with Crippen LogP contribution in [0.1, 0.15) is 20.0 Å². The number of carboxylic acids is 1. The average Bonchev–Trinajstić information content (AvgIpc) is 3.10. The lowest BCUT2D eigenvalue weighted by Gasteiger charge is -2.30. The van der Waals surface area contributed by atoms with Crippen molar-refractivity contribution in [3.63, 3.8) is 0 Å². The van der Waals surface area contributed by atoms with Crippen LogP contribution in [0.2, 0.25) is 0 Å². The van der Waals surface area contributed by atoms with Crippen LogP contribution in [0, 0.1) is 0 Å². The van der Waals surface area contributed by atoms with E-state index in [9.17, 15) is 14.7 Å². The van der Waals surface area contributed by atoms with Crippen molar-refractivity contribution in [3.05, 3.63) is 46.2 Å². The first-order valence-corrected chi connectivity index (χ1v) is 8.08. The monoisotopic (exact) mass is 332 g/mol. The van der Waals surface area contributed by atoms with Crippen molar-refractivity contribution in [2.24, 2.45) is 0 Å². The number of anilines is 2. The van der Waals surface area contributed by atoms with Gasteiger partial charge in [0.15, 0.2) is 0 Å². The molecule has 1 aliphatic heterocycles. The Morgan fingerprint density at radius 3 is 2.65 bits per heavy atom. The van der Waals surface area contributed by atoms with E-state index in [0.29, 0.717) is 42.6 Å². The number of carbonyl (C=O) groups is 2. The minimum atomic E-state index is -1.02. The summed E-state index contributed by atoms with van der Waals surface area (Å²) in [5.41, 5.74) is 1.30. The van der Waals surface area contributed by atoms with Crippen LogP contribution in [0.4, 0.5) is 11.4 Å². The summed E-state index contributed by atoms with van der Waals surface area (Å²) in [5.74, 6) is -1.26. The number of carbonyl (C=O) groups excluding carboxylic acids is 1. The zero-order valence-corrected chi connectivity index (χ0v) is 13.1. The van der Waals surface area contributed by atoms with Crippen LogP contribution in [-0.4, -0.2) is 43.3 Å². The number of ether oxygens (including phenoxy) is 1. The molecular formula is C16H16N2O4S. The summed E-state index contributed by atoms with van der Waals surface area (Å²) in [6, 6.07) is 8.48. The number of amides is 1. The lowest BCUT2D eigenvalue weighted by Crippen LogP contribution is -2.37. The number of rotatable bonds is 4. The van der Waals surface area contributed by atoms with E-state index in [0.717, 1.165) is 0 Å². The van der Waals surface area contributed by atoms with Crippen molar-refractivity contribution in [1.29, 1.82) is 0 Å². The van der Waals surface area contributed by atoms with E-state index in [2.05, 4.69) is 5.32 Å². The Bertz CT molecular complexity index is 709. The van der Waals surface area contributed by atoms with E-state index < -0.39 is 5.97 Å². The highest BCUT2D eigenvalue weighted by atomic mass is 32.1. The van der Waals surface area contributed by atoms with Crippen LogP contribution >= 0.6 is 11.3 Å². The number of nitrogens with one attached hydrogen (secondary N) is 1. The Hall–Kier alpha value is -2.38. The van der Waals surface area contributed by atoms with Gasteiger partial charge in [-0.05, 0) is 29.6 Å². The zero-order chi connectivity index (χ0) is 16.2. The van der Waals surface area contributed by atoms with Gasteiger partial charge in [-0.1, -0.05) is 6.07 Å². The number of hydrogen-bond acceptors (Lipinski definition) is 5. The molecule has 0 aliphatic carbocycles. The Kier molecular flexibility index (Phi) is 4.59. The van der Waals surface area contributed by atoms with Gasteiger partial charge in [0.05, 0.1) is 29.3 Å². The SMILES string of the molecule is O=C(Nc1ccc(N2CCOCC2)c(C(=O)O)c1)c1cccs1. The topological polar surface area (TPSA) is 78.9 Å². The lowest BCUT2D eigenvalue weighted by atomic mass is 10.1. The van der Waals surface area contributed by atoms with Crippen molar-refractivity contribution in [1.82, 2.24) is 0 Å². The molecule has 1 fully saturated rings. The second kappa shape index (κ2) is 6.80. The Labute approximate surface area is 137 Å². The molecule has 1 saturated heterocycles. The van der Waals surface area contributed by atoms with Crippen LogP contribution in [0.25, 0.3) is 0 Å². The number of carboxylic acid groups (broad SMARTS) is 1. The van der Waals surface area contributed by atoms with Crippen molar-refractivity contribution in [2.45, 2.75) is 0 Å². The minimum Gasteiger partial charge on any atom is -0.478 e. The summed E-state index contributed by atoms with van der Waals surface area (Å²) in [5, 5.41) is 14.0. The number of thiophene rings is 1. The molecular weight excluding hydrogens is 316 g/mol. The highest BCUT2D eigenvalue weighted by Crippen LogP contribution is 2.26. The molecule has 0 bridgehead atoms. The highest BCUT2D eigenvalue weighted by Gasteiger charge is 2.19. The van der Waals surface area contributed by atoms with Crippen molar-refractivity contribution < 1.29 is 19.4 Å². The van der Waals surface area contributed by atoms with Crippen LogP contribution < -0.4 is 10.2 Å². The number of benzene rings is 1. The van der Waals surface area contributed by atoms with Gasteiger partial charge in [-0.15, -0.1) is 11.3 Å². The summed E-state index contributed by atoms with van der Waals surface area (Å²) >= 11 is 1.34. The smallest absolute Gasteiger partial charge is 0.337 e. The molecule has 23 heavy (non-hydrogen) atoms. The second-order valence-corrected chi connectivity index (χ2v) is 6.02. The van der Waals surface area contributed by atoms with Crippen LogP contribution in [0.15, 0.2) is 35.7 Å². The predicted molar refractivity (Wildman–Crippen MR) is 88.7 cm³/mol. The molecule has 0 saturated carbocycles. The van der Waals surface area contributed by atoms with E-state index >= 15 is 0 Å². The number of hydrogen-bond donors (Lipinski definition) is 2. The van der Waals surface area contributed by atoms with E-state index in [1.165, 1.54) is 17.4 Å². The average molecular weight is 332 g/mol. The predicted octanol–water partition coefficient (Wildman–Crippen LogP) is 2.54. The van der Waals surface area contributed by atoms with Gasteiger partial charge in [-0.2, -0.15) is 0 Å². The third-order valence-corrected chi connectivity index (χ3v) is 4.45. The maximum atomic E-state index is 12.1. The quantitative estimate of drug-likeness (QED) is 0.899. The summed E-state index contributed by atoms with van der Waals surface area (Å²) in [4.78, 5) is 26.2. The Balaban J connectivity index is 1.84. The lowest BCUT2D eigenvalue weighted by molar-refractivity contribution is 0.0696. The van der Waals surface area contributed by atoms with Gasteiger partial charge >= 0.3 is 5.97 Å². The molecule has 120 valence electrons. The summed E-state index contributed by atoms with van der Waals surface area (Å²) in [6.07, 6.45) is 0. The largest absolute Gasteiger partial charge is 0.478 e. The molecule has 2 N–H and O–H groups in total. The number of morpholine rings is 1. The first kappa shape index (κ1) is 15.5. The molecule has 0 unspecified atom stereocenters. The van der Waals surface area contributed by atoms with Gasteiger partial charge in [0.2, 0.25) is 0 Å². The first-order valence-electron chi connectivity index (χ1n) is 7.20. The fourth-order valence-corrected chi connectivity index (χ4v) is 3.08. The van der Waals surface area contributed by atoms with Gasteiger partial charge < -0.3 is 20.1 Å². The van der Waals surface area contributed by atoms with Gasteiger partial charge in [0, 0.05) is 18.8 Å². The molecule has 1 aromatic heterocycles. The standard InChI is InChI=1S/C16H16N2O4S/c19-15(14-2-1-9-23-14)17-11-3-4-13(12(10-11)16(20)21)18-5-7-22-8-6-18/h1-4,9-10H,5-8H2,(H,17,19)(H,20,21). The normalized spacial score (nSPS) is 14.5. The van der Waals surface area contributed by atoms with E-state index in [1.54, 1.807) is 24.3 Å². The molecule has 2 heterocycles. The molecule has 3 rings (SSSR count). The molecule has 0 spiro atoms. The number of nitrogens with zero attached hydrogens (tertiary/aromatic N) is 1.